The highest BCUT2D eigenvalue weighted by Gasteiger charge is 2.25. The molecule has 0 N–H and O–H groups in total. The van der Waals surface area contributed by atoms with Gasteiger partial charge >= 0.3 is 0 Å². The summed E-state index contributed by atoms with van der Waals surface area (Å²) in [6.07, 6.45) is 0. The molecule has 12 nitrogen and oxygen atoms in total. The van der Waals surface area contributed by atoms with Gasteiger partial charge in [-0.15, -0.1) is 0 Å². The van der Waals surface area contributed by atoms with Crippen LogP contribution in [0.15, 0.2) is 582 Å². The Balaban J connectivity index is 0.000000155. The molecule has 0 saturated carbocycles. The van der Waals surface area contributed by atoms with Crippen molar-refractivity contribution >= 4 is 112 Å². The second kappa shape index (κ2) is 41.2. The number of hydrogen-bond acceptors (Lipinski definition) is 10. The van der Waals surface area contributed by atoms with Gasteiger partial charge in [0.2, 0.25) is 0 Å². The largest absolute Gasteiger partial charge is 0.311 e. The highest BCUT2D eigenvalue weighted by molar-refractivity contribution is 6.13. The lowest BCUT2D eigenvalue weighted by Gasteiger charge is -2.25. The second-order valence-corrected chi connectivity index (χ2v) is 37.0. The fraction of sp³-hybridized carbons (Fsp3) is 0. The first-order chi connectivity index (χ1) is 74.4. The molecule has 4 heterocycles. The average molecular weight is 1920 g/mol. The number of nitrogens with zero attached hydrogens (tertiary/aromatic N) is 12. The topological polar surface area (TPSA) is 100 Å². The Kier molecular flexibility index (Phi) is 25.0. The minimum absolute atomic E-state index is 0.609. The SMILES string of the molecule is c1ccc(-c2nc(-c3ccccc3)nc(-c3ccc(-n4c5ccc(-c6ccc(N(c7ccccc7)c7ccccc7)cc6)cc5c5cc(-c6ccc(N(c7ccccc7)c7ccccc7)cc6)ccc54)cc3)n2)cc1.c1ccc(-c2nc(-c3ccccc3)nc(-c3cccc(-n4c5ccc(-c6ccc(N(c7ccccc7)c7ccccc7)cc6)cc5c5cc(-c6ccc(N(c7ccccc7)c7ccccc7)cc6)ccc54)c3)n2)cc1. The van der Waals surface area contributed by atoms with Crippen LogP contribution >= 0.6 is 0 Å². The molecule has 0 aliphatic carbocycles. The number of benzene rings is 22. The van der Waals surface area contributed by atoms with Gasteiger partial charge in [0.05, 0.1) is 22.1 Å². The third-order valence-electron chi connectivity index (χ3n) is 27.6. The van der Waals surface area contributed by atoms with E-state index >= 15 is 0 Å². The smallest absolute Gasteiger partial charge is 0.164 e. The van der Waals surface area contributed by atoms with Crippen molar-refractivity contribution in [2.45, 2.75) is 0 Å². The van der Waals surface area contributed by atoms with E-state index in [1.165, 1.54) is 10.8 Å². The summed E-state index contributed by atoms with van der Waals surface area (Å²) in [6, 6.07) is 205. The highest BCUT2D eigenvalue weighted by atomic mass is 15.2. The molecule has 12 heteroatoms. The molecule has 0 saturated heterocycles. The van der Waals surface area contributed by atoms with E-state index in [0.29, 0.717) is 34.9 Å². The predicted octanol–water partition coefficient (Wildman–Crippen LogP) is 36.5. The van der Waals surface area contributed by atoms with Gasteiger partial charge in [-0.05, 0) is 275 Å². The molecule has 0 bridgehead atoms. The number of anilines is 12. The summed E-state index contributed by atoms with van der Waals surface area (Å²) in [4.78, 5) is 39.3. The molecular weight excluding hydrogens is 1830 g/mol. The van der Waals surface area contributed by atoms with E-state index in [2.05, 4.69) is 490 Å². The Morgan fingerprint density at radius 3 is 0.500 bits per heavy atom. The first kappa shape index (κ1) is 90.9. The van der Waals surface area contributed by atoms with Crippen LogP contribution in [0.4, 0.5) is 68.2 Å². The molecule has 22 aromatic carbocycles. The first-order valence-corrected chi connectivity index (χ1v) is 50.5. The van der Waals surface area contributed by atoms with Crippen LogP contribution in [-0.2, 0) is 0 Å². The van der Waals surface area contributed by atoms with Crippen molar-refractivity contribution in [3.05, 3.63) is 582 Å². The molecule has 150 heavy (non-hydrogen) atoms. The lowest BCUT2D eigenvalue weighted by molar-refractivity contribution is 1.07. The van der Waals surface area contributed by atoms with Gasteiger partial charge in [0.15, 0.2) is 34.9 Å². The minimum atomic E-state index is 0.609. The Morgan fingerprint density at radius 1 is 0.113 bits per heavy atom. The molecule has 0 fully saturated rings. The molecule has 4 aromatic heterocycles. The predicted molar refractivity (Wildman–Crippen MR) is 621 cm³/mol. The third kappa shape index (κ3) is 18.6. The zero-order chi connectivity index (χ0) is 99.8. The molecular formula is C138H96N12. The molecule has 26 rings (SSSR count). The van der Waals surface area contributed by atoms with E-state index in [1.54, 1.807) is 0 Å². The molecule has 0 spiro atoms. The summed E-state index contributed by atoms with van der Waals surface area (Å²) in [6.45, 7) is 0. The Morgan fingerprint density at radius 2 is 0.280 bits per heavy atom. The lowest BCUT2D eigenvalue weighted by Crippen LogP contribution is -2.09. The van der Waals surface area contributed by atoms with E-state index in [1.807, 2.05) is 121 Å². The number of aromatic nitrogens is 8. The van der Waals surface area contributed by atoms with Crippen molar-refractivity contribution in [3.8, 4) is 124 Å². The quantitative estimate of drug-likeness (QED) is 0.0581. The van der Waals surface area contributed by atoms with Crippen LogP contribution in [-0.4, -0.2) is 39.0 Å². The van der Waals surface area contributed by atoms with Crippen molar-refractivity contribution in [3.63, 3.8) is 0 Å². The summed E-state index contributed by atoms with van der Waals surface area (Å²) in [5.41, 5.74) is 34.3. The molecule has 0 unspecified atom stereocenters. The summed E-state index contributed by atoms with van der Waals surface area (Å²) < 4.78 is 4.75. The number of para-hydroxylation sites is 8. The normalized spacial score (nSPS) is 11.2. The van der Waals surface area contributed by atoms with E-state index in [9.17, 15) is 0 Å². The van der Waals surface area contributed by atoms with Crippen LogP contribution in [0.5, 0.6) is 0 Å². The molecule has 708 valence electrons. The maximum absolute atomic E-state index is 5.10. The van der Waals surface area contributed by atoms with E-state index in [0.717, 1.165) is 190 Å². The van der Waals surface area contributed by atoms with Crippen molar-refractivity contribution in [2.24, 2.45) is 0 Å². The molecule has 0 amide bonds. The second-order valence-electron chi connectivity index (χ2n) is 37.0. The summed E-state index contributed by atoms with van der Waals surface area (Å²) in [5, 5.41) is 4.65. The lowest BCUT2D eigenvalue weighted by atomic mass is 9.99. The molecule has 0 radical (unpaired) electrons. The van der Waals surface area contributed by atoms with E-state index < -0.39 is 0 Å². The van der Waals surface area contributed by atoms with Gasteiger partial charge in [0.1, 0.15) is 0 Å². The van der Waals surface area contributed by atoms with Crippen LogP contribution < -0.4 is 19.6 Å². The molecule has 0 aliphatic heterocycles. The van der Waals surface area contributed by atoms with Crippen LogP contribution in [0.25, 0.3) is 168 Å². The maximum Gasteiger partial charge on any atom is 0.164 e. The van der Waals surface area contributed by atoms with Crippen molar-refractivity contribution in [2.75, 3.05) is 19.6 Å². The van der Waals surface area contributed by atoms with Gasteiger partial charge in [-0.2, -0.15) is 0 Å². The van der Waals surface area contributed by atoms with Gasteiger partial charge in [-0.3, -0.25) is 0 Å². The van der Waals surface area contributed by atoms with Gasteiger partial charge in [-0.25, -0.2) is 29.9 Å². The van der Waals surface area contributed by atoms with Gasteiger partial charge in [0, 0.05) is 135 Å². The van der Waals surface area contributed by atoms with Gasteiger partial charge in [-0.1, -0.05) is 352 Å². The zero-order valence-corrected chi connectivity index (χ0v) is 81.8. The van der Waals surface area contributed by atoms with Crippen molar-refractivity contribution in [1.29, 1.82) is 0 Å². The maximum atomic E-state index is 5.10. The van der Waals surface area contributed by atoms with Gasteiger partial charge in [0.25, 0.3) is 0 Å². The fourth-order valence-corrected chi connectivity index (χ4v) is 20.4. The Bertz CT molecular complexity index is 8570. The van der Waals surface area contributed by atoms with Crippen molar-refractivity contribution in [1.82, 2.24) is 39.0 Å². The van der Waals surface area contributed by atoms with E-state index in [4.69, 9.17) is 29.9 Å². The fourth-order valence-electron chi connectivity index (χ4n) is 20.4. The van der Waals surface area contributed by atoms with Crippen LogP contribution in [0.3, 0.4) is 0 Å². The highest BCUT2D eigenvalue weighted by Crippen LogP contribution is 2.47. The molecule has 26 aromatic rings. The zero-order valence-electron chi connectivity index (χ0n) is 81.8. The van der Waals surface area contributed by atoms with E-state index in [-0.39, 0.29) is 0 Å². The van der Waals surface area contributed by atoms with Crippen LogP contribution in [0.1, 0.15) is 0 Å². The summed E-state index contributed by atoms with van der Waals surface area (Å²) >= 11 is 0. The minimum Gasteiger partial charge on any atom is -0.311 e. The van der Waals surface area contributed by atoms with Crippen LogP contribution in [0, 0.1) is 0 Å². The average Bonchev–Trinajstić information content (AvgIpc) is 1.58. The summed E-state index contributed by atoms with van der Waals surface area (Å²) in [5.74, 6) is 3.76. The number of fused-ring (bicyclic) bond motifs is 6. The number of rotatable bonds is 24. The Labute approximate surface area is 871 Å². The standard InChI is InChI=1S/2C69H48N6/c1-7-20-51(21-8-1)67-70-68(52-22-9-2-10-23-52)72-69(71-67)55-24-19-33-62(46-55)75-65-44-38-53(49-34-40-60(41-35-49)73(56-25-11-3-12-26-56)57-27-13-4-14-28-57)47-63(65)64-48-54(39-45-66(64)75)50-36-42-61(43-37-50)74(58-29-15-5-16-30-58)59-31-17-6-18-32-59;1-7-19-51(20-8-1)67-70-68(52-21-9-2-10-22-52)72-69(71-67)53-35-43-62(44-36-53)75-65-45-37-54(49-31-39-60(40-32-49)73(56-23-11-3-12-24-56)57-25-13-4-14-26-57)47-63(65)64-48-55(38-46-66(64)75)50-33-41-61(42-34-50)74(58-27-15-5-16-28-58)59-29-17-6-18-30-59/h2*1-48H. The van der Waals surface area contributed by atoms with Crippen molar-refractivity contribution < 1.29 is 0 Å². The summed E-state index contributed by atoms with van der Waals surface area (Å²) in [7, 11) is 0. The van der Waals surface area contributed by atoms with Gasteiger partial charge < -0.3 is 28.7 Å². The first-order valence-electron chi connectivity index (χ1n) is 50.5. The third-order valence-corrected chi connectivity index (χ3v) is 27.6. The molecule has 0 atom stereocenters. The van der Waals surface area contributed by atoms with Crippen LogP contribution in [0.2, 0.25) is 0 Å². The number of hydrogen-bond donors (Lipinski definition) is 0. The molecule has 0 aliphatic rings. The monoisotopic (exact) mass is 1920 g/mol. The Hall–Kier alpha value is -20.3.